The summed E-state index contributed by atoms with van der Waals surface area (Å²) in [5, 5.41) is 0. The normalized spacial score (nSPS) is 17.1. The van der Waals surface area contributed by atoms with E-state index in [-0.39, 0.29) is 0 Å². The number of benzene rings is 2. The summed E-state index contributed by atoms with van der Waals surface area (Å²) in [5.74, 6) is 0.291. The van der Waals surface area contributed by atoms with Crippen LogP contribution in [-0.2, 0) is 25.1 Å². The number of hydrogen-bond acceptors (Lipinski definition) is 6. The van der Waals surface area contributed by atoms with Crippen molar-refractivity contribution >= 4 is 16.7 Å². The van der Waals surface area contributed by atoms with Crippen LogP contribution in [0, 0.1) is 0 Å². The van der Waals surface area contributed by atoms with E-state index in [2.05, 4.69) is 4.90 Å². The molecule has 1 fully saturated rings. The van der Waals surface area contributed by atoms with Gasteiger partial charge in [-0.3, -0.25) is 9.00 Å². The molecule has 32 heavy (non-hydrogen) atoms. The van der Waals surface area contributed by atoms with E-state index < -0.39 is 21.5 Å². The number of methoxy groups -OCH3 is 2. The van der Waals surface area contributed by atoms with E-state index in [1.54, 1.807) is 14.2 Å². The topological polar surface area (TPSA) is 91.1 Å². The Bertz CT molecular complexity index is 894. The molecule has 1 saturated heterocycles. The molecule has 1 aliphatic heterocycles. The van der Waals surface area contributed by atoms with Crippen LogP contribution in [-0.4, -0.2) is 73.4 Å². The molecule has 7 nitrogen and oxygen atoms in total. The molecule has 2 aromatic carbocycles. The fourth-order valence-electron chi connectivity index (χ4n) is 3.86. The molecule has 0 saturated carbocycles. The molecule has 1 atom stereocenters. The highest BCUT2D eigenvalue weighted by atomic mass is 32.2. The van der Waals surface area contributed by atoms with Gasteiger partial charge in [0.2, 0.25) is 5.91 Å². The van der Waals surface area contributed by atoms with Gasteiger partial charge in [-0.15, -0.1) is 0 Å². The van der Waals surface area contributed by atoms with E-state index in [1.165, 1.54) is 0 Å². The monoisotopic (exact) mass is 460 g/mol. The van der Waals surface area contributed by atoms with Crippen LogP contribution >= 0.6 is 0 Å². The molecule has 1 unspecified atom stereocenters. The maximum Gasteiger partial charge on any atom is 0.236 e. The Balaban J connectivity index is 1.69. The average Bonchev–Trinajstić information content (AvgIpc) is 2.83. The summed E-state index contributed by atoms with van der Waals surface area (Å²) in [4.78, 5) is 15.2. The van der Waals surface area contributed by atoms with Gasteiger partial charge in [0.05, 0.1) is 24.0 Å². The Morgan fingerprint density at radius 1 is 0.938 bits per heavy atom. The third-order valence-electron chi connectivity index (χ3n) is 5.89. The lowest BCUT2D eigenvalue weighted by atomic mass is 9.95. The first-order valence-electron chi connectivity index (χ1n) is 10.8. The van der Waals surface area contributed by atoms with Gasteiger partial charge in [0.25, 0.3) is 0 Å². The van der Waals surface area contributed by atoms with E-state index in [0.29, 0.717) is 50.6 Å². The van der Waals surface area contributed by atoms with Gasteiger partial charge in [0, 0.05) is 38.7 Å². The second-order valence-corrected chi connectivity index (χ2v) is 9.64. The quantitative estimate of drug-likeness (QED) is 0.518. The third-order valence-corrected chi connectivity index (χ3v) is 7.91. The number of nitrogens with two attached hydrogens (primary N) is 1. The standard InChI is InChI=1S/C24H32N2O5S/c1-29-16-15-26-13-11-24(12-14-26,23(25)27)32(28)22-9-5-20(6-10-22)19-3-7-21(8-4-19)31-18-17-30-2/h3-10H,11-18H2,1-2H3,(H2,25,27). The predicted molar refractivity (Wildman–Crippen MR) is 125 cm³/mol. The molecule has 0 aliphatic carbocycles. The van der Waals surface area contributed by atoms with Crippen molar-refractivity contribution in [3.05, 3.63) is 48.5 Å². The third kappa shape index (κ3) is 5.75. The molecule has 2 N–H and O–H groups in total. The van der Waals surface area contributed by atoms with E-state index in [1.807, 2.05) is 48.5 Å². The van der Waals surface area contributed by atoms with Crippen LogP contribution in [0.3, 0.4) is 0 Å². The van der Waals surface area contributed by atoms with E-state index in [9.17, 15) is 9.00 Å². The summed E-state index contributed by atoms with van der Waals surface area (Å²) >= 11 is 0. The first-order valence-corrected chi connectivity index (χ1v) is 11.9. The van der Waals surface area contributed by atoms with Gasteiger partial charge in [-0.25, -0.2) is 0 Å². The zero-order chi connectivity index (χ0) is 23.0. The van der Waals surface area contributed by atoms with Gasteiger partial charge >= 0.3 is 0 Å². The van der Waals surface area contributed by atoms with Gasteiger partial charge in [0.15, 0.2) is 0 Å². The molecule has 1 amide bonds. The van der Waals surface area contributed by atoms with Crippen molar-refractivity contribution < 1.29 is 23.2 Å². The molecule has 1 heterocycles. The summed E-state index contributed by atoms with van der Waals surface area (Å²) in [6.07, 6.45) is 0.954. The Morgan fingerprint density at radius 2 is 1.50 bits per heavy atom. The number of piperidine rings is 1. The molecule has 0 bridgehead atoms. The first-order chi connectivity index (χ1) is 15.5. The molecular weight excluding hydrogens is 428 g/mol. The Labute approximate surface area is 192 Å². The molecule has 2 aromatic rings. The number of hydrogen-bond donors (Lipinski definition) is 1. The second-order valence-electron chi connectivity index (χ2n) is 7.85. The lowest BCUT2D eigenvalue weighted by Crippen LogP contribution is -2.55. The Hall–Kier alpha value is -2.26. The lowest BCUT2D eigenvalue weighted by Gasteiger charge is -2.38. The number of nitrogens with zero attached hydrogens (tertiary/aromatic N) is 1. The molecule has 174 valence electrons. The zero-order valence-corrected chi connectivity index (χ0v) is 19.6. The Morgan fingerprint density at radius 3 is 2.03 bits per heavy atom. The van der Waals surface area contributed by atoms with Crippen molar-refractivity contribution in [2.24, 2.45) is 5.73 Å². The van der Waals surface area contributed by atoms with Crippen LogP contribution in [0.1, 0.15) is 12.8 Å². The van der Waals surface area contributed by atoms with Gasteiger partial charge in [-0.1, -0.05) is 24.3 Å². The minimum atomic E-state index is -1.52. The molecule has 3 rings (SSSR count). The number of primary amides is 1. The highest BCUT2D eigenvalue weighted by molar-refractivity contribution is 7.87. The zero-order valence-electron chi connectivity index (χ0n) is 18.7. The van der Waals surface area contributed by atoms with Gasteiger partial charge in [0.1, 0.15) is 17.1 Å². The Kier molecular flexibility index (Phi) is 8.81. The largest absolute Gasteiger partial charge is 0.491 e. The highest BCUT2D eigenvalue weighted by Crippen LogP contribution is 2.33. The predicted octanol–water partition coefficient (Wildman–Crippen LogP) is 2.45. The fourth-order valence-corrected chi connectivity index (χ4v) is 5.43. The van der Waals surface area contributed by atoms with Crippen molar-refractivity contribution in [2.75, 3.05) is 53.7 Å². The van der Waals surface area contributed by atoms with Crippen LogP contribution in [0.25, 0.3) is 11.1 Å². The summed E-state index contributed by atoms with van der Waals surface area (Å²) < 4.78 is 28.1. The number of likely N-dealkylation sites (tertiary alicyclic amines) is 1. The van der Waals surface area contributed by atoms with Crippen LogP contribution in [0.2, 0.25) is 0 Å². The van der Waals surface area contributed by atoms with E-state index in [4.69, 9.17) is 19.9 Å². The average molecular weight is 461 g/mol. The molecule has 0 radical (unpaired) electrons. The number of ether oxygens (including phenoxy) is 3. The van der Waals surface area contributed by atoms with Crippen LogP contribution in [0.15, 0.2) is 53.4 Å². The van der Waals surface area contributed by atoms with Gasteiger partial charge in [-0.2, -0.15) is 0 Å². The lowest BCUT2D eigenvalue weighted by molar-refractivity contribution is -0.121. The fraction of sp³-hybridized carbons (Fsp3) is 0.458. The maximum absolute atomic E-state index is 13.4. The molecule has 8 heteroatoms. The SMILES string of the molecule is COCCOc1ccc(-c2ccc(S(=O)C3(C(N)=O)CCN(CCOC)CC3)cc2)cc1. The van der Waals surface area contributed by atoms with Crippen molar-refractivity contribution in [3.8, 4) is 16.9 Å². The van der Waals surface area contributed by atoms with E-state index >= 15 is 0 Å². The smallest absolute Gasteiger partial charge is 0.236 e. The maximum atomic E-state index is 13.4. The van der Waals surface area contributed by atoms with E-state index in [0.717, 1.165) is 23.4 Å². The van der Waals surface area contributed by atoms with Gasteiger partial charge < -0.3 is 24.8 Å². The summed E-state index contributed by atoms with van der Waals surface area (Å²) in [6.45, 7) is 3.82. The second kappa shape index (κ2) is 11.6. The number of carbonyl (C=O) groups excluding carboxylic acids is 1. The molecule has 0 aromatic heterocycles. The minimum absolute atomic E-state index is 0.477. The summed E-state index contributed by atoms with van der Waals surface area (Å²) in [6, 6.07) is 15.3. The summed E-state index contributed by atoms with van der Waals surface area (Å²) in [5.41, 5.74) is 7.79. The molecule has 0 spiro atoms. The molecular formula is C24H32N2O5S. The first kappa shape index (κ1) is 24.4. The van der Waals surface area contributed by atoms with Crippen LogP contribution in [0.4, 0.5) is 0 Å². The number of rotatable bonds is 11. The minimum Gasteiger partial charge on any atom is -0.491 e. The number of carbonyl (C=O) groups is 1. The van der Waals surface area contributed by atoms with Crippen LogP contribution < -0.4 is 10.5 Å². The number of amides is 1. The van der Waals surface area contributed by atoms with Crippen molar-refractivity contribution in [1.29, 1.82) is 0 Å². The van der Waals surface area contributed by atoms with Gasteiger partial charge in [-0.05, 0) is 48.2 Å². The van der Waals surface area contributed by atoms with Crippen LogP contribution in [0.5, 0.6) is 5.75 Å². The summed E-state index contributed by atoms with van der Waals surface area (Å²) in [7, 11) is 1.79. The highest BCUT2D eigenvalue weighted by Gasteiger charge is 2.46. The molecule has 1 aliphatic rings. The van der Waals surface area contributed by atoms with Crippen molar-refractivity contribution in [1.82, 2.24) is 4.90 Å². The van der Waals surface area contributed by atoms with Crippen molar-refractivity contribution in [3.63, 3.8) is 0 Å². The van der Waals surface area contributed by atoms with Crippen molar-refractivity contribution in [2.45, 2.75) is 22.5 Å².